The van der Waals surface area contributed by atoms with Crippen LogP contribution in [-0.4, -0.2) is 41.5 Å². The van der Waals surface area contributed by atoms with Gasteiger partial charge in [0.05, 0.1) is 12.6 Å². The van der Waals surface area contributed by atoms with Crippen molar-refractivity contribution in [2.24, 2.45) is 5.73 Å². The van der Waals surface area contributed by atoms with E-state index in [1.54, 1.807) is 6.20 Å². The van der Waals surface area contributed by atoms with Crippen molar-refractivity contribution in [3.8, 4) is 0 Å². The number of rotatable bonds is 3. The van der Waals surface area contributed by atoms with E-state index in [9.17, 15) is 4.79 Å². The number of nitrogens with two attached hydrogens (primary N) is 1. The average molecular weight is 220 g/mol. The molecule has 5 heteroatoms. The highest BCUT2D eigenvalue weighted by atomic mass is 16.2. The van der Waals surface area contributed by atoms with Gasteiger partial charge in [0.1, 0.15) is 0 Å². The molecule has 0 saturated carbocycles. The van der Waals surface area contributed by atoms with Crippen LogP contribution >= 0.6 is 0 Å². The first-order chi connectivity index (χ1) is 7.78. The van der Waals surface area contributed by atoms with Crippen LogP contribution in [0, 0.1) is 0 Å². The summed E-state index contributed by atoms with van der Waals surface area (Å²) in [7, 11) is 0. The quantitative estimate of drug-likeness (QED) is 0.709. The summed E-state index contributed by atoms with van der Waals surface area (Å²) in [6.45, 7) is 2.47. The molecule has 2 rings (SSSR count). The van der Waals surface area contributed by atoms with Gasteiger partial charge in [-0.1, -0.05) is 6.07 Å². The fraction of sp³-hybridized carbons (Fsp3) is 0.455. The highest BCUT2D eigenvalue weighted by Gasteiger charge is 2.23. The predicted molar refractivity (Wildman–Crippen MR) is 60.5 cm³/mol. The Morgan fingerprint density at radius 2 is 2.50 bits per heavy atom. The average Bonchev–Trinajstić information content (AvgIpc) is 2.29. The van der Waals surface area contributed by atoms with E-state index in [-0.39, 0.29) is 11.9 Å². The van der Waals surface area contributed by atoms with Gasteiger partial charge in [0.2, 0.25) is 5.91 Å². The lowest BCUT2D eigenvalue weighted by atomic mass is 10.2. The standard InChI is InChI=1S/C11H16N4O/c12-4-10-7-15(8-11(16)14-10)6-9-2-1-3-13-5-9/h1-3,5,10H,4,6-8,12H2,(H,14,16). The monoisotopic (exact) mass is 220 g/mol. The summed E-state index contributed by atoms with van der Waals surface area (Å²) in [5, 5.41) is 2.86. The first-order valence-corrected chi connectivity index (χ1v) is 5.38. The van der Waals surface area contributed by atoms with Crippen LogP contribution in [0.25, 0.3) is 0 Å². The van der Waals surface area contributed by atoms with Crippen LogP contribution in [0.15, 0.2) is 24.5 Å². The third-order valence-corrected chi connectivity index (χ3v) is 2.62. The van der Waals surface area contributed by atoms with Gasteiger partial charge < -0.3 is 11.1 Å². The zero-order chi connectivity index (χ0) is 11.4. The Kier molecular flexibility index (Phi) is 3.48. The van der Waals surface area contributed by atoms with Gasteiger partial charge in [-0.3, -0.25) is 14.7 Å². The summed E-state index contributed by atoms with van der Waals surface area (Å²) in [4.78, 5) is 17.6. The van der Waals surface area contributed by atoms with Gasteiger partial charge >= 0.3 is 0 Å². The van der Waals surface area contributed by atoms with Gasteiger partial charge in [-0.05, 0) is 11.6 Å². The summed E-state index contributed by atoms with van der Waals surface area (Å²) >= 11 is 0. The van der Waals surface area contributed by atoms with E-state index in [1.807, 2.05) is 18.3 Å². The number of piperazine rings is 1. The molecule has 1 aliphatic rings. The van der Waals surface area contributed by atoms with E-state index >= 15 is 0 Å². The lowest BCUT2D eigenvalue weighted by molar-refractivity contribution is -0.125. The molecule has 1 atom stereocenters. The Labute approximate surface area is 94.6 Å². The second kappa shape index (κ2) is 5.05. The lowest BCUT2D eigenvalue weighted by Gasteiger charge is -2.32. The van der Waals surface area contributed by atoms with Crippen LogP contribution in [0.2, 0.25) is 0 Å². The van der Waals surface area contributed by atoms with E-state index in [0.29, 0.717) is 13.1 Å². The maximum Gasteiger partial charge on any atom is 0.234 e. The molecule has 0 aromatic carbocycles. The Hall–Kier alpha value is -1.46. The van der Waals surface area contributed by atoms with Crippen LogP contribution in [0.3, 0.4) is 0 Å². The van der Waals surface area contributed by atoms with Crippen LogP contribution in [-0.2, 0) is 11.3 Å². The first kappa shape index (κ1) is 11.0. The number of hydrogen-bond donors (Lipinski definition) is 2. The number of amides is 1. The molecule has 86 valence electrons. The first-order valence-electron chi connectivity index (χ1n) is 5.38. The molecule has 1 aliphatic heterocycles. The predicted octanol–water partition coefficient (Wildman–Crippen LogP) is -0.659. The summed E-state index contributed by atoms with van der Waals surface area (Å²) in [5.41, 5.74) is 6.69. The number of aromatic nitrogens is 1. The van der Waals surface area contributed by atoms with E-state index in [1.165, 1.54) is 0 Å². The van der Waals surface area contributed by atoms with Gasteiger partial charge in [-0.2, -0.15) is 0 Å². The summed E-state index contributed by atoms with van der Waals surface area (Å²) in [6.07, 6.45) is 3.57. The number of hydrogen-bond acceptors (Lipinski definition) is 4. The molecule has 0 bridgehead atoms. The van der Waals surface area contributed by atoms with Crippen molar-refractivity contribution in [3.63, 3.8) is 0 Å². The second-order valence-electron chi connectivity index (χ2n) is 4.03. The molecule has 0 radical (unpaired) electrons. The zero-order valence-electron chi connectivity index (χ0n) is 9.10. The smallest absolute Gasteiger partial charge is 0.234 e. The van der Waals surface area contributed by atoms with Crippen molar-refractivity contribution in [3.05, 3.63) is 30.1 Å². The number of carbonyl (C=O) groups excluding carboxylic acids is 1. The van der Waals surface area contributed by atoms with E-state index in [0.717, 1.165) is 18.7 Å². The normalized spacial score (nSPS) is 21.8. The molecule has 1 aromatic rings. The molecule has 1 fully saturated rings. The molecule has 2 heterocycles. The van der Waals surface area contributed by atoms with Crippen LogP contribution in [0.1, 0.15) is 5.56 Å². The molecule has 1 aromatic heterocycles. The Morgan fingerprint density at radius 1 is 1.62 bits per heavy atom. The SMILES string of the molecule is NCC1CN(Cc2cccnc2)CC(=O)N1. The minimum absolute atomic E-state index is 0.0468. The third-order valence-electron chi connectivity index (χ3n) is 2.62. The highest BCUT2D eigenvalue weighted by Crippen LogP contribution is 2.06. The van der Waals surface area contributed by atoms with E-state index in [4.69, 9.17) is 5.73 Å². The van der Waals surface area contributed by atoms with Gasteiger partial charge in [0, 0.05) is 32.0 Å². The largest absolute Gasteiger partial charge is 0.350 e. The maximum atomic E-state index is 11.4. The van der Waals surface area contributed by atoms with Crippen molar-refractivity contribution in [1.82, 2.24) is 15.2 Å². The summed E-state index contributed by atoms with van der Waals surface area (Å²) in [6, 6.07) is 3.98. The minimum atomic E-state index is 0.0468. The fourth-order valence-electron chi connectivity index (χ4n) is 1.90. The lowest BCUT2D eigenvalue weighted by Crippen LogP contribution is -2.56. The molecular formula is C11H16N4O. The molecule has 16 heavy (non-hydrogen) atoms. The minimum Gasteiger partial charge on any atom is -0.350 e. The van der Waals surface area contributed by atoms with E-state index < -0.39 is 0 Å². The maximum absolute atomic E-state index is 11.4. The molecule has 1 amide bonds. The van der Waals surface area contributed by atoms with Gasteiger partial charge in [-0.15, -0.1) is 0 Å². The Balaban J connectivity index is 1.97. The Bertz CT molecular complexity index is 354. The van der Waals surface area contributed by atoms with Crippen LogP contribution < -0.4 is 11.1 Å². The molecule has 5 nitrogen and oxygen atoms in total. The van der Waals surface area contributed by atoms with Crippen molar-refractivity contribution >= 4 is 5.91 Å². The molecular weight excluding hydrogens is 204 g/mol. The number of nitrogens with one attached hydrogen (secondary N) is 1. The highest BCUT2D eigenvalue weighted by molar-refractivity contribution is 5.79. The molecule has 3 N–H and O–H groups in total. The molecule has 0 spiro atoms. The topological polar surface area (TPSA) is 71.2 Å². The fourth-order valence-corrected chi connectivity index (χ4v) is 1.90. The van der Waals surface area contributed by atoms with E-state index in [2.05, 4.69) is 15.2 Å². The van der Waals surface area contributed by atoms with Crippen molar-refractivity contribution in [2.75, 3.05) is 19.6 Å². The van der Waals surface area contributed by atoms with Crippen LogP contribution in [0.4, 0.5) is 0 Å². The van der Waals surface area contributed by atoms with Gasteiger partial charge in [-0.25, -0.2) is 0 Å². The molecule has 1 saturated heterocycles. The molecule has 1 unspecified atom stereocenters. The van der Waals surface area contributed by atoms with Crippen molar-refractivity contribution in [2.45, 2.75) is 12.6 Å². The Morgan fingerprint density at radius 3 is 3.19 bits per heavy atom. The van der Waals surface area contributed by atoms with Gasteiger partial charge in [0.25, 0.3) is 0 Å². The zero-order valence-corrected chi connectivity index (χ0v) is 9.10. The number of pyridine rings is 1. The van der Waals surface area contributed by atoms with Crippen molar-refractivity contribution in [1.29, 1.82) is 0 Å². The van der Waals surface area contributed by atoms with Crippen LogP contribution in [0.5, 0.6) is 0 Å². The number of nitrogens with zero attached hydrogens (tertiary/aromatic N) is 2. The summed E-state index contributed by atoms with van der Waals surface area (Å²) in [5.74, 6) is 0.0468. The second-order valence-corrected chi connectivity index (χ2v) is 4.03. The van der Waals surface area contributed by atoms with Crippen molar-refractivity contribution < 1.29 is 4.79 Å². The van der Waals surface area contributed by atoms with Gasteiger partial charge in [0.15, 0.2) is 0 Å². The molecule has 0 aliphatic carbocycles. The number of carbonyl (C=O) groups is 1. The summed E-state index contributed by atoms with van der Waals surface area (Å²) < 4.78 is 0. The third kappa shape index (κ3) is 2.77.